The number of rotatable bonds is 6. The van der Waals surface area contributed by atoms with Crippen molar-refractivity contribution in [1.29, 1.82) is 0 Å². The van der Waals surface area contributed by atoms with Crippen molar-refractivity contribution in [2.75, 3.05) is 0 Å². The van der Waals surface area contributed by atoms with E-state index in [4.69, 9.17) is 15.0 Å². The van der Waals surface area contributed by atoms with Crippen LogP contribution in [0.2, 0.25) is 0 Å². The van der Waals surface area contributed by atoms with E-state index in [0.29, 0.717) is 17.5 Å². The van der Waals surface area contributed by atoms with Crippen LogP contribution in [0.4, 0.5) is 0 Å². The Bertz CT molecular complexity index is 3810. The average Bonchev–Trinajstić information content (AvgIpc) is 3.68. The van der Waals surface area contributed by atoms with Crippen LogP contribution in [0.25, 0.3) is 112 Å². The lowest BCUT2D eigenvalue weighted by Gasteiger charge is -2.22. The highest BCUT2D eigenvalue weighted by molar-refractivity contribution is 6.12. The Kier molecular flexibility index (Phi) is 8.97. The lowest BCUT2D eigenvalue weighted by molar-refractivity contribution is 0.661. The molecule has 67 heavy (non-hydrogen) atoms. The van der Waals surface area contributed by atoms with Crippen molar-refractivity contribution < 1.29 is 0 Å². The molecule has 13 rings (SSSR count). The summed E-state index contributed by atoms with van der Waals surface area (Å²) in [5, 5.41) is 3.47. The van der Waals surface area contributed by atoms with Crippen molar-refractivity contribution in [3.05, 3.63) is 211 Å². The number of aromatic nitrogens is 6. The molecule has 0 bridgehead atoms. The third-order valence-corrected chi connectivity index (χ3v) is 14.0. The van der Waals surface area contributed by atoms with Crippen molar-refractivity contribution >= 4 is 38.8 Å². The number of hydrogen-bond acceptors (Lipinski definition) is 5. The summed E-state index contributed by atoms with van der Waals surface area (Å²) in [5.74, 6) is 1.79. The van der Waals surface area contributed by atoms with Gasteiger partial charge in [0.2, 0.25) is 0 Å². The first-order valence-corrected chi connectivity index (χ1v) is 23.2. The van der Waals surface area contributed by atoms with Gasteiger partial charge in [-0.1, -0.05) is 135 Å². The predicted molar refractivity (Wildman–Crippen MR) is 274 cm³/mol. The Labute approximate surface area is 389 Å². The van der Waals surface area contributed by atoms with E-state index in [1.807, 2.05) is 42.7 Å². The molecule has 2 aliphatic carbocycles. The fourth-order valence-electron chi connectivity index (χ4n) is 10.6. The molecule has 11 aromatic rings. The van der Waals surface area contributed by atoms with Crippen LogP contribution < -0.4 is 0 Å². The molecule has 0 atom stereocenters. The molecule has 0 aliphatic heterocycles. The largest absolute Gasteiger partial charge is 0.309 e. The third kappa shape index (κ3) is 6.51. The minimum Gasteiger partial charge on any atom is -0.309 e. The first-order chi connectivity index (χ1) is 32.9. The highest BCUT2D eigenvalue weighted by Crippen LogP contribution is 2.51. The molecule has 0 spiro atoms. The van der Waals surface area contributed by atoms with E-state index in [-0.39, 0.29) is 5.41 Å². The number of aryl methyl sites for hydroxylation is 1. The number of pyridine rings is 2. The summed E-state index contributed by atoms with van der Waals surface area (Å²) in [5.41, 5.74) is 19.1. The molecule has 318 valence electrons. The zero-order chi connectivity index (χ0) is 44.6. The Hall–Kier alpha value is -8.35. The topological polar surface area (TPSA) is 69.4 Å². The summed E-state index contributed by atoms with van der Waals surface area (Å²) in [6.45, 7) is 4.72. The van der Waals surface area contributed by atoms with E-state index in [9.17, 15) is 0 Å². The number of hydrogen-bond donors (Lipinski definition) is 0. The standard InChI is InChI=1S/C61H44N6/c1-61(2)51-18-8-6-16-47(51)49-36-50-48-17-7-9-20-55(48)67(57(50)37-52(49)61)56-35-45(27-29-46(56)42-26-21-38-13-4-3-5-14-41(38)33-42)60-65-58(40-24-22-39(23-25-40)53-19-10-11-31-62-53)64-59(66-60)44-28-30-54-43(34-44)15-12-32-63-54/h4,6-13,15-37H,3,5,14H2,1-2H3. The molecular formula is C61H44N6. The molecule has 6 nitrogen and oxygen atoms in total. The molecule has 4 aromatic heterocycles. The molecule has 0 unspecified atom stereocenters. The Morgan fingerprint density at radius 1 is 0.493 bits per heavy atom. The van der Waals surface area contributed by atoms with Crippen LogP contribution in [-0.2, 0) is 11.8 Å². The lowest BCUT2D eigenvalue weighted by Crippen LogP contribution is -2.15. The number of para-hydroxylation sites is 1. The Balaban J connectivity index is 1.05. The summed E-state index contributed by atoms with van der Waals surface area (Å²) in [6, 6.07) is 61.0. The second-order valence-electron chi connectivity index (χ2n) is 18.4. The lowest BCUT2D eigenvalue weighted by atomic mass is 9.82. The van der Waals surface area contributed by atoms with Crippen LogP contribution in [0.15, 0.2) is 188 Å². The second-order valence-corrected chi connectivity index (χ2v) is 18.4. The quantitative estimate of drug-likeness (QED) is 0.167. The van der Waals surface area contributed by atoms with Crippen molar-refractivity contribution in [1.82, 2.24) is 29.5 Å². The molecule has 0 saturated carbocycles. The van der Waals surface area contributed by atoms with Crippen LogP contribution in [0.1, 0.15) is 48.9 Å². The van der Waals surface area contributed by atoms with Gasteiger partial charge in [0.1, 0.15) is 0 Å². The number of allylic oxidation sites excluding steroid dienone is 1. The third-order valence-electron chi connectivity index (χ3n) is 14.0. The van der Waals surface area contributed by atoms with Gasteiger partial charge < -0.3 is 4.57 Å². The highest BCUT2D eigenvalue weighted by Gasteiger charge is 2.36. The first kappa shape index (κ1) is 39.1. The molecule has 0 amide bonds. The minimum absolute atomic E-state index is 0.164. The summed E-state index contributed by atoms with van der Waals surface area (Å²) < 4.78 is 2.49. The van der Waals surface area contributed by atoms with Gasteiger partial charge in [-0.25, -0.2) is 15.0 Å². The Morgan fingerprint density at radius 2 is 1.22 bits per heavy atom. The maximum atomic E-state index is 5.31. The van der Waals surface area contributed by atoms with Crippen molar-refractivity contribution in [2.45, 2.75) is 38.5 Å². The van der Waals surface area contributed by atoms with Gasteiger partial charge in [0.15, 0.2) is 17.5 Å². The monoisotopic (exact) mass is 860 g/mol. The van der Waals surface area contributed by atoms with Gasteiger partial charge in [0.05, 0.1) is 27.9 Å². The smallest absolute Gasteiger partial charge is 0.164 e. The normalized spacial score (nSPS) is 13.7. The van der Waals surface area contributed by atoms with E-state index in [2.05, 4.69) is 180 Å². The molecule has 0 fully saturated rings. The summed E-state index contributed by atoms with van der Waals surface area (Å²) in [7, 11) is 0. The van der Waals surface area contributed by atoms with E-state index >= 15 is 0 Å². The van der Waals surface area contributed by atoms with E-state index in [1.165, 1.54) is 55.2 Å². The van der Waals surface area contributed by atoms with Crippen LogP contribution >= 0.6 is 0 Å². The van der Waals surface area contributed by atoms with Crippen LogP contribution in [0.3, 0.4) is 0 Å². The van der Waals surface area contributed by atoms with Gasteiger partial charge in [-0.15, -0.1) is 0 Å². The van der Waals surface area contributed by atoms with Crippen LogP contribution in [0.5, 0.6) is 0 Å². The van der Waals surface area contributed by atoms with Crippen molar-refractivity contribution in [3.63, 3.8) is 0 Å². The van der Waals surface area contributed by atoms with Crippen LogP contribution in [0, 0.1) is 0 Å². The van der Waals surface area contributed by atoms with Gasteiger partial charge >= 0.3 is 0 Å². The molecule has 4 heterocycles. The van der Waals surface area contributed by atoms with Gasteiger partial charge in [-0.3, -0.25) is 9.97 Å². The fourth-order valence-corrected chi connectivity index (χ4v) is 10.6. The number of nitrogens with zero attached hydrogens (tertiary/aromatic N) is 6. The molecule has 0 N–H and O–H groups in total. The zero-order valence-electron chi connectivity index (χ0n) is 37.3. The van der Waals surface area contributed by atoms with Gasteiger partial charge in [-0.05, 0) is 119 Å². The molecule has 7 aromatic carbocycles. The second kappa shape index (κ2) is 15.4. The zero-order valence-corrected chi connectivity index (χ0v) is 37.3. The summed E-state index contributed by atoms with van der Waals surface area (Å²) in [6.07, 6.45) is 11.5. The molecule has 6 heteroatoms. The predicted octanol–water partition coefficient (Wildman–Crippen LogP) is 14.9. The van der Waals surface area contributed by atoms with Crippen molar-refractivity contribution in [2.24, 2.45) is 0 Å². The average molecular weight is 861 g/mol. The molecule has 2 aliphatic rings. The van der Waals surface area contributed by atoms with Crippen molar-refractivity contribution in [3.8, 4) is 73.4 Å². The SMILES string of the molecule is CC1(C)c2ccccc2-c2cc3c4ccccc4n(-c4cc(-c5nc(-c6ccc(-c7ccccn7)cc6)nc(-c6ccc7ncccc7c6)n5)ccc4-c4ccc5c(c4)CCCC=C5)c3cc21. The molecule has 0 saturated heterocycles. The Morgan fingerprint density at radius 3 is 2.09 bits per heavy atom. The number of fused-ring (bicyclic) bond motifs is 8. The van der Waals surface area contributed by atoms with E-state index in [0.717, 1.165) is 74.9 Å². The summed E-state index contributed by atoms with van der Waals surface area (Å²) >= 11 is 0. The highest BCUT2D eigenvalue weighted by atomic mass is 15.0. The van der Waals surface area contributed by atoms with Gasteiger partial charge in [0, 0.05) is 61.8 Å². The molecule has 0 radical (unpaired) electrons. The van der Waals surface area contributed by atoms with Crippen LogP contribution in [-0.4, -0.2) is 29.5 Å². The first-order valence-electron chi connectivity index (χ1n) is 23.2. The maximum Gasteiger partial charge on any atom is 0.164 e. The summed E-state index contributed by atoms with van der Waals surface area (Å²) in [4.78, 5) is 25.0. The fraction of sp³-hybridized carbons (Fsp3) is 0.0984. The minimum atomic E-state index is -0.164. The van der Waals surface area contributed by atoms with E-state index < -0.39 is 0 Å². The maximum absolute atomic E-state index is 5.31. The number of benzene rings is 7. The van der Waals surface area contributed by atoms with Gasteiger partial charge in [0.25, 0.3) is 0 Å². The molecular weight excluding hydrogens is 817 g/mol. The van der Waals surface area contributed by atoms with E-state index in [1.54, 1.807) is 0 Å². The van der Waals surface area contributed by atoms with Gasteiger partial charge in [-0.2, -0.15) is 0 Å².